The predicted octanol–water partition coefficient (Wildman–Crippen LogP) is 2.07. The summed E-state index contributed by atoms with van der Waals surface area (Å²) in [5.41, 5.74) is 3.71. The highest BCUT2D eigenvalue weighted by molar-refractivity contribution is 7.80. The highest BCUT2D eigenvalue weighted by atomic mass is 32.1. The molecule has 1 aromatic heterocycles. The average molecular weight is 487 g/mol. The number of benzene rings is 1. The molecule has 0 aliphatic carbocycles. The summed E-state index contributed by atoms with van der Waals surface area (Å²) in [6, 6.07) is 8.74. The van der Waals surface area contributed by atoms with Gasteiger partial charge in [0, 0.05) is 11.3 Å². The molecule has 0 saturated heterocycles. The van der Waals surface area contributed by atoms with Crippen LogP contribution in [0, 0.1) is 10.1 Å². The Labute approximate surface area is 199 Å². The number of allylic oxidation sites excluding steroid dienone is 1. The fraction of sp³-hybridized carbons (Fsp3) is 0.238. The Kier molecular flexibility index (Phi) is 7.92. The van der Waals surface area contributed by atoms with Crippen LogP contribution in [-0.2, 0) is 14.3 Å². The van der Waals surface area contributed by atoms with Gasteiger partial charge >= 0.3 is 11.9 Å². The van der Waals surface area contributed by atoms with E-state index in [9.17, 15) is 19.7 Å². The van der Waals surface area contributed by atoms with Gasteiger partial charge in [0.15, 0.2) is 17.5 Å². The lowest BCUT2D eigenvalue weighted by Gasteiger charge is -2.30. The number of nitrogens with zero attached hydrogens (tertiary/aromatic N) is 2. The number of hydrogen-bond donors (Lipinski definition) is 3. The lowest BCUT2D eigenvalue weighted by molar-refractivity contribution is -0.402. The third-order valence-electron chi connectivity index (χ3n) is 4.53. The highest BCUT2D eigenvalue weighted by Crippen LogP contribution is 2.33. The van der Waals surface area contributed by atoms with Gasteiger partial charge in [-0.15, -0.1) is 0 Å². The summed E-state index contributed by atoms with van der Waals surface area (Å²) in [7, 11) is 0. The fourth-order valence-corrected chi connectivity index (χ4v) is 3.38. The van der Waals surface area contributed by atoms with Gasteiger partial charge in [-0.25, -0.2) is 10.2 Å². The van der Waals surface area contributed by atoms with Crippen molar-refractivity contribution in [2.24, 2.45) is 5.10 Å². The molecule has 2 aromatic rings. The normalized spacial score (nSPS) is 15.5. The second-order valence-electron chi connectivity index (χ2n) is 6.84. The number of amides is 1. The van der Waals surface area contributed by atoms with E-state index in [4.69, 9.17) is 26.1 Å². The zero-order chi connectivity index (χ0) is 24.7. The Morgan fingerprint density at radius 3 is 2.79 bits per heavy atom. The molecule has 2 heterocycles. The molecule has 13 heteroatoms. The molecular formula is C21H21N5O7S. The molecule has 1 amide bonds. The fourth-order valence-electron chi connectivity index (χ4n) is 3.11. The number of ether oxygens (including phenoxy) is 2. The van der Waals surface area contributed by atoms with Crippen molar-refractivity contribution in [3.8, 4) is 5.75 Å². The molecule has 0 saturated carbocycles. The number of esters is 1. The maximum atomic E-state index is 12.6. The van der Waals surface area contributed by atoms with Crippen LogP contribution < -0.4 is 20.8 Å². The minimum Gasteiger partial charge on any atom is -0.483 e. The molecule has 178 valence electrons. The Morgan fingerprint density at radius 1 is 1.32 bits per heavy atom. The van der Waals surface area contributed by atoms with E-state index in [1.54, 1.807) is 38.1 Å². The monoisotopic (exact) mass is 487 g/mol. The number of hydrazone groups is 1. The number of hydrogen-bond acceptors (Lipinski definition) is 9. The Bertz CT molecular complexity index is 1170. The molecule has 1 aliphatic rings. The van der Waals surface area contributed by atoms with Crippen molar-refractivity contribution in [2.75, 3.05) is 13.2 Å². The summed E-state index contributed by atoms with van der Waals surface area (Å²) in [5.74, 6) is -1.09. The lowest BCUT2D eigenvalue weighted by atomic mass is 9.95. The number of nitrogens with one attached hydrogen (secondary N) is 3. The van der Waals surface area contributed by atoms with Gasteiger partial charge in [-0.1, -0.05) is 18.2 Å². The minimum absolute atomic E-state index is 0.0971. The molecule has 12 nitrogen and oxygen atoms in total. The first-order chi connectivity index (χ1) is 16.3. The molecule has 34 heavy (non-hydrogen) atoms. The Balaban J connectivity index is 1.69. The molecule has 0 unspecified atom stereocenters. The van der Waals surface area contributed by atoms with Crippen LogP contribution in [0.2, 0.25) is 0 Å². The summed E-state index contributed by atoms with van der Waals surface area (Å²) >= 11 is 5.24. The van der Waals surface area contributed by atoms with Gasteiger partial charge in [-0.05, 0) is 38.2 Å². The number of furan rings is 1. The summed E-state index contributed by atoms with van der Waals surface area (Å²) in [6.07, 6.45) is 1.12. The van der Waals surface area contributed by atoms with E-state index in [0.717, 1.165) is 6.21 Å². The smallest absolute Gasteiger partial charge is 0.433 e. The van der Waals surface area contributed by atoms with Crippen LogP contribution in [0.15, 0.2) is 57.2 Å². The quantitative estimate of drug-likeness (QED) is 0.157. The number of rotatable bonds is 9. The average Bonchev–Trinajstić information content (AvgIpc) is 3.27. The molecule has 3 rings (SSSR count). The molecule has 3 N–H and O–H groups in total. The van der Waals surface area contributed by atoms with Gasteiger partial charge < -0.3 is 24.5 Å². The van der Waals surface area contributed by atoms with E-state index in [0.29, 0.717) is 27.7 Å². The Morgan fingerprint density at radius 2 is 2.09 bits per heavy atom. The van der Waals surface area contributed by atoms with E-state index in [1.165, 1.54) is 12.1 Å². The van der Waals surface area contributed by atoms with Crippen LogP contribution in [0.5, 0.6) is 5.75 Å². The topological polar surface area (TPSA) is 157 Å². The Hall–Kier alpha value is -4.26. The minimum atomic E-state index is -0.685. The van der Waals surface area contributed by atoms with Crippen LogP contribution in [-0.4, -0.2) is 41.3 Å². The SMILES string of the molecule is CCOC(=O)C1=C(C)NC(=S)N[C@@H]1c1ccccc1OCC(=O)NN=Cc1ccc([N+](=O)[O-])o1. The molecule has 0 fully saturated rings. The van der Waals surface area contributed by atoms with Gasteiger partial charge in [-0.3, -0.25) is 14.9 Å². The summed E-state index contributed by atoms with van der Waals surface area (Å²) in [6.45, 7) is 3.24. The zero-order valence-electron chi connectivity index (χ0n) is 18.2. The number of para-hydroxylation sites is 1. The standard InChI is InChI=1S/C21H21N5O7S/c1-3-31-20(28)18-12(2)23-21(34)24-19(18)14-6-4-5-7-15(14)32-11-16(27)25-22-10-13-8-9-17(33-13)26(29)30/h4-10,19H,3,11H2,1-2H3,(H,25,27)(H2,23,24,34)/t19-/m1/s1. The van der Waals surface area contributed by atoms with Crippen molar-refractivity contribution in [1.82, 2.24) is 16.1 Å². The van der Waals surface area contributed by atoms with Crippen LogP contribution >= 0.6 is 12.2 Å². The third kappa shape index (κ3) is 5.95. The number of nitro groups is 1. The summed E-state index contributed by atoms with van der Waals surface area (Å²) in [4.78, 5) is 34.7. The molecule has 0 radical (unpaired) electrons. The van der Waals surface area contributed by atoms with Crippen molar-refractivity contribution in [3.63, 3.8) is 0 Å². The van der Waals surface area contributed by atoms with Crippen molar-refractivity contribution in [3.05, 3.63) is 69.1 Å². The maximum absolute atomic E-state index is 12.6. The van der Waals surface area contributed by atoms with Crippen LogP contribution in [0.4, 0.5) is 5.88 Å². The maximum Gasteiger partial charge on any atom is 0.433 e. The second kappa shape index (κ2) is 11.0. The van der Waals surface area contributed by atoms with Crippen LogP contribution in [0.25, 0.3) is 0 Å². The molecule has 1 aromatic carbocycles. The first-order valence-corrected chi connectivity index (χ1v) is 10.4. The van der Waals surface area contributed by atoms with Crippen LogP contribution in [0.3, 0.4) is 0 Å². The molecule has 0 bridgehead atoms. The zero-order valence-corrected chi connectivity index (χ0v) is 19.0. The molecule has 1 aliphatic heterocycles. The van der Waals surface area contributed by atoms with E-state index in [2.05, 4.69) is 21.2 Å². The van der Waals surface area contributed by atoms with Gasteiger partial charge in [0.1, 0.15) is 10.7 Å². The van der Waals surface area contributed by atoms with Crippen molar-refractivity contribution in [2.45, 2.75) is 19.9 Å². The number of carbonyl (C=O) groups is 2. The van der Waals surface area contributed by atoms with Crippen molar-refractivity contribution < 1.29 is 28.4 Å². The molecule has 0 spiro atoms. The van der Waals surface area contributed by atoms with E-state index in [1.807, 2.05) is 0 Å². The van der Waals surface area contributed by atoms with E-state index >= 15 is 0 Å². The summed E-state index contributed by atoms with van der Waals surface area (Å²) in [5, 5.41) is 20.6. The predicted molar refractivity (Wildman–Crippen MR) is 124 cm³/mol. The van der Waals surface area contributed by atoms with Crippen molar-refractivity contribution >= 4 is 41.3 Å². The van der Waals surface area contributed by atoms with Crippen LogP contribution in [0.1, 0.15) is 31.2 Å². The summed E-state index contributed by atoms with van der Waals surface area (Å²) < 4.78 is 15.8. The number of carbonyl (C=O) groups excluding carboxylic acids is 2. The molecule has 1 atom stereocenters. The van der Waals surface area contributed by atoms with Crippen molar-refractivity contribution in [1.29, 1.82) is 0 Å². The largest absolute Gasteiger partial charge is 0.483 e. The highest BCUT2D eigenvalue weighted by Gasteiger charge is 2.32. The second-order valence-corrected chi connectivity index (χ2v) is 7.25. The van der Waals surface area contributed by atoms with E-state index < -0.39 is 28.7 Å². The lowest BCUT2D eigenvalue weighted by Crippen LogP contribution is -2.45. The van der Waals surface area contributed by atoms with Gasteiger partial charge in [0.05, 0.1) is 30.5 Å². The molecular weight excluding hydrogens is 466 g/mol. The van der Waals surface area contributed by atoms with Gasteiger partial charge in [-0.2, -0.15) is 5.10 Å². The first kappa shape index (κ1) is 24.4. The number of thiocarbonyl (C=S) groups is 1. The first-order valence-electron chi connectivity index (χ1n) is 10.0. The van der Waals surface area contributed by atoms with Gasteiger partial charge in [0.25, 0.3) is 5.91 Å². The van der Waals surface area contributed by atoms with Gasteiger partial charge in [0.2, 0.25) is 0 Å². The third-order valence-corrected chi connectivity index (χ3v) is 4.75. The van der Waals surface area contributed by atoms with E-state index in [-0.39, 0.29) is 19.0 Å².